The van der Waals surface area contributed by atoms with Gasteiger partial charge in [-0.15, -0.1) is 0 Å². The average Bonchev–Trinajstić information content (AvgIpc) is 2.45. The fraction of sp³-hybridized carbons (Fsp3) is 0.133. The van der Waals surface area contributed by atoms with Gasteiger partial charge in [0.25, 0.3) is 0 Å². The molecule has 0 fully saturated rings. The molecule has 102 valence electrons. The van der Waals surface area contributed by atoms with E-state index in [0.29, 0.717) is 17.1 Å². The first-order valence-electron chi connectivity index (χ1n) is 5.90. The molecule has 1 N–H and O–H groups in total. The molecule has 0 aliphatic rings. The van der Waals surface area contributed by atoms with Gasteiger partial charge < -0.3 is 10.1 Å². The number of nitriles is 1. The van der Waals surface area contributed by atoms with Gasteiger partial charge in [0.15, 0.2) is 11.6 Å². The van der Waals surface area contributed by atoms with E-state index in [2.05, 4.69) is 5.32 Å². The minimum Gasteiger partial charge on any atom is -0.494 e. The van der Waals surface area contributed by atoms with Gasteiger partial charge in [-0.25, -0.2) is 4.39 Å². The van der Waals surface area contributed by atoms with Gasteiger partial charge in [-0.3, -0.25) is 0 Å². The molecule has 0 atom stereocenters. The number of anilines is 1. The predicted octanol–water partition coefficient (Wildman–Crippen LogP) is 3.97. The molecule has 0 unspecified atom stereocenters. The molecule has 0 aliphatic carbocycles. The van der Waals surface area contributed by atoms with Crippen LogP contribution in [0.3, 0.4) is 0 Å². The van der Waals surface area contributed by atoms with Crippen LogP contribution in [0.2, 0.25) is 5.02 Å². The Labute approximate surface area is 121 Å². The van der Waals surface area contributed by atoms with Crippen LogP contribution in [0.5, 0.6) is 5.75 Å². The van der Waals surface area contributed by atoms with E-state index in [1.54, 1.807) is 30.3 Å². The van der Waals surface area contributed by atoms with Crippen molar-refractivity contribution in [3.63, 3.8) is 0 Å². The van der Waals surface area contributed by atoms with Crippen molar-refractivity contribution in [1.29, 1.82) is 5.26 Å². The second-order valence-corrected chi connectivity index (χ2v) is 4.54. The predicted molar refractivity (Wildman–Crippen MR) is 76.4 cm³/mol. The number of methoxy groups -OCH3 is 1. The average molecular weight is 291 g/mol. The molecule has 2 aromatic rings. The Bertz CT molecular complexity index is 667. The summed E-state index contributed by atoms with van der Waals surface area (Å²) >= 11 is 5.94. The van der Waals surface area contributed by atoms with E-state index in [9.17, 15) is 4.39 Å². The van der Waals surface area contributed by atoms with E-state index < -0.39 is 5.82 Å². The van der Waals surface area contributed by atoms with Gasteiger partial charge >= 0.3 is 0 Å². The van der Waals surface area contributed by atoms with E-state index in [4.69, 9.17) is 21.6 Å². The van der Waals surface area contributed by atoms with Crippen molar-refractivity contribution < 1.29 is 9.13 Å². The summed E-state index contributed by atoms with van der Waals surface area (Å²) in [6.45, 7) is 0.448. The Balaban J connectivity index is 2.07. The fourth-order valence-corrected chi connectivity index (χ4v) is 1.96. The number of halogens is 2. The van der Waals surface area contributed by atoms with Crippen molar-refractivity contribution in [3.05, 3.63) is 58.4 Å². The number of rotatable bonds is 4. The summed E-state index contributed by atoms with van der Waals surface area (Å²) in [6, 6.07) is 11.8. The normalized spacial score (nSPS) is 9.90. The topological polar surface area (TPSA) is 45.0 Å². The van der Waals surface area contributed by atoms with Crippen molar-refractivity contribution in [2.75, 3.05) is 12.4 Å². The number of benzene rings is 2. The third kappa shape index (κ3) is 3.19. The fourth-order valence-electron chi connectivity index (χ4n) is 1.74. The third-order valence-electron chi connectivity index (χ3n) is 2.80. The zero-order valence-corrected chi connectivity index (χ0v) is 11.5. The van der Waals surface area contributed by atoms with Crippen LogP contribution in [-0.4, -0.2) is 7.11 Å². The lowest BCUT2D eigenvalue weighted by Gasteiger charge is -2.09. The zero-order chi connectivity index (χ0) is 14.5. The van der Waals surface area contributed by atoms with Gasteiger partial charge in [-0.1, -0.05) is 17.7 Å². The summed E-state index contributed by atoms with van der Waals surface area (Å²) in [4.78, 5) is 0. The summed E-state index contributed by atoms with van der Waals surface area (Å²) in [6.07, 6.45) is 0. The number of nitrogens with one attached hydrogen (secondary N) is 1. The lowest BCUT2D eigenvalue weighted by Crippen LogP contribution is -2.00. The maximum absolute atomic E-state index is 13.5. The first-order chi connectivity index (χ1) is 9.63. The summed E-state index contributed by atoms with van der Waals surface area (Å²) in [5, 5.41) is 12.3. The Hall–Kier alpha value is -2.25. The molecule has 20 heavy (non-hydrogen) atoms. The second kappa shape index (κ2) is 6.27. The molecule has 0 heterocycles. The van der Waals surface area contributed by atoms with Gasteiger partial charge in [0.05, 0.1) is 17.7 Å². The first kappa shape index (κ1) is 14.2. The van der Waals surface area contributed by atoms with Gasteiger partial charge in [0.2, 0.25) is 0 Å². The number of hydrogen-bond donors (Lipinski definition) is 1. The Morgan fingerprint density at radius 1 is 1.30 bits per heavy atom. The van der Waals surface area contributed by atoms with Crippen LogP contribution in [0, 0.1) is 17.1 Å². The highest BCUT2D eigenvalue weighted by Crippen LogP contribution is 2.22. The number of ether oxygens (including phenoxy) is 1. The van der Waals surface area contributed by atoms with Crippen molar-refractivity contribution in [2.45, 2.75) is 6.54 Å². The molecule has 0 radical (unpaired) electrons. The molecule has 2 rings (SSSR count). The summed E-state index contributed by atoms with van der Waals surface area (Å²) < 4.78 is 18.4. The molecule has 0 spiro atoms. The van der Waals surface area contributed by atoms with Crippen molar-refractivity contribution in [2.24, 2.45) is 0 Å². The molecule has 0 saturated carbocycles. The van der Waals surface area contributed by atoms with E-state index in [1.807, 2.05) is 6.07 Å². The molecule has 0 amide bonds. The Morgan fingerprint density at radius 2 is 2.10 bits per heavy atom. The van der Waals surface area contributed by atoms with Crippen molar-refractivity contribution >= 4 is 17.3 Å². The maximum atomic E-state index is 13.5. The standard InChI is InChI=1S/C15H12ClFN2O/c1-20-15-5-2-10(6-14(15)17)9-19-12-4-3-11(8-18)13(16)7-12/h2-7,19H,9H2,1H3. The Kier molecular flexibility index (Phi) is 4.44. The van der Waals surface area contributed by atoms with Crippen LogP contribution in [0.25, 0.3) is 0 Å². The molecule has 3 nitrogen and oxygen atoms in total. The lowest BCUT2D eigenvalue weighted by atomic mass is 10.2. The van der Waals surface area contributed by atoms with Crippen LogP contribution in [0.15, 0.2) is 36.4 Å². The van der Waals surface area contributed by atoms with Crippen LogP contribution in [-0.2, 0) is 6.54 Å². The van der Waals surface area contributed by atoms with Gasteiger partial charge in [0, 0.05) is 12.2 Å². The smallest absolute Gasteiger partial charge is 0.165 e. The summed E-state index contributed by atoms with van der Waals surface area (Å²) in [7, 11) is 1.43. The van der Waals surface area contributed by atoms with Crippen molar-refractivity contribution in [3.8, 4) is 11.8 Å². The number of hydrogen-bond acceptors (Lipinski definition) is 3. The van der Waals surface area contributed by atoms with Crippen LogP contribution in [0.4, 0.5) is 10.1 Å². The maximum Gasteiger partial charge on any atom is 0.165 e. The number of nitrogens with zero attached hydrogens (tertiary/aromatic N) is 1. The van der Waals surface area contributed by atoms with Gasteiger partial charge in [-0.2, -0.15) is 5.26 Å². The molecule has 0 saturated heterocycles. The van der Waals surface area contributed by atoms with E-state index in [0.717, 1.165) is 11.3 Å². The van der Waals surface area contributed by atoms with Crippen LogP contribution in [0.1, 0.15) is 11.1 Å². The lowest BCUT2D eigenvalue weighted by molar-refractivity contribution is 0.386. The molecule has 0 bridgehead atoms. The van der Waals surface area contributed by atoms with Crippen LogP contribution >= 0.6 is 11.6 Å². The summed E-state index contributed by atoms with van der Waals surface area (Å²) in [5.41, 5.74) is 1.97. The quantitative estimate of drug-likeness (QED) is 0.926. The molecular weight excluding hydrogens is 279 g/mol. The molecule has 2 aromatic carbocycles. The molecule has 5 heteroatoms. The SMILES string of the molecule is COc1ccc(CNc2ccc(C#N)c(Cl)c2)cc1F. The van der Waals surface area contributed by atoms with Crippen molar-refractivity contribution in [1.82, 2.24) is 0 Å². The summed E-state index contributed by atoms with van der Waals surface area (Å²) in [5.74, 6) is -0.181. The van der Waals surface area contributed by atoms with E-state index in [-0.39, 0.29) is 5.75 Å². The molecular formula is C15H12ClFN2O. The zero-order valence-electron chi connectivity index (χ0n) is 10.8. The molecule has 0 aromatic heterocycles. The largest absolute Gasteiger partial charge is 0.494 e. The highest BCUT2D eigenvalue weighted by Gasteiger charge is 2.04. The minimum absolute atomic E-state index is 0.218. The monoisotopic (exact) mass is 290 g/mol. The van der Waals surface area contributed by atoms with Gasteiger partial charge in [-0.05, 0) is 35.9 Å². The van der Waals surface area contributed by atoms with E-state index in [1.165, 1.54) is 13.2 Å². The van der Waals surface area contributed by atoms with Gasteiger partial charge in [0.1, 0.15) is 6.07 Å². The third-order valence-corrected chi connectivity index (χ3v) is 3.12. The minimum atomic E-state index is -0.398. The van der Waals surface area contributed by atoms with Crippen LogP contribution < -0.4 is 10.1 Å². The first-order valence-corrected chi connectivity index (χ1v) is 6.28. The molecule has 0 aliphatic heterocycles. The highest BCUT2D eigenvalue weighted by atomic mass is 35.5. The van der Waals surface area contributed by atoms with E-state index >= 15 is 0 Å². The highest BCUT2D eigenvalue weighted by molar-refractivity contribution is 6.32. The second-order valence-electron chi connectivity index (χ2n) is 4.13. The Morgan fingerprint density at radius 3 is 2.70 bits per heavy atom.